The van der Waals surface area contributed by atoms with Gasteiger partial charge < -0.3 is 9.80 Å². The number of aliphatic imine (C=N–C) groups is 1. The van der Waals surface area contributed by atoms with Gasteiger partial charge in [0.1, 0.15) is 6.04 Å². The highest BCUT2D eigenvalue weighted by atomic mass is 32.2. The third-order valence-corrected chi connectivity index (χ3v) is 6.98. The Morgan fingerprint density at radius 2 is 1.34 bits per heavy atom. The number of hydrogen-bond acceptors (Lipinski definition) is 3. The van der Waals surface area contributed by atoms with Crippen molar-refractivity contribution in [2.24, 2.45) is 4.99 Å². The Hall–Kier alpha value is -2.56. The Balaban J connectivity index is 1.34. The van der Waals surface area contributed by atoms with Crippen molar-refractivity contribution in [1.29, 1.82) is 0 Å². The first-order valence-electron chi connectivity index (χ1n) is 10.4. The molecule has 0 spiro atoms. The Morgan fingerprint density at radius 3 is 2.00 bits per heavy atom. The molecule has 29 heavy (non-hydrogen) atoms. The zero-order valence-corrected chi connectivity index (χ0v) is 17.3. The third kappa shape index (κ3) is 3.96. The number of piperazine rings is 1. The molecule has 0 bridgehead atoms. The summed E-state index contributed by atoms with van der Waals surface area (Å²) in [6.07, 6.45) is 0. The van der Waals surface area contributed by atoms with Crippen molar-refractivity contribution >= 4 is 22.6 Å². The summed E-state index contributed by atoms with van der Waals surface area (Å²) in [5.41, 5.74) is 5.29. The van der Waals surface area contributed by atoms with E-state index in [1.54, 1.807) is 4.90 Å². The van der Waals surface area contributed by atoms with Crippen molar-refractivity contribution in [3.63, 3.8) is 0 Å². The Bertz CT molecular complexity index is 940. The molecule has 0 aliphatic carbocycles. The van der Waals surface area contributed by atoms with Crippen LogP contribution in [0.1, 0.15) is 22.7 Å². The highest BCUT2D eigenvalue weighted by molar-refractivity contribution is 8.13. The largest absolute Gasteiger partial charge is 0.340 e. The molecule has 3 nitrogen and oxygen atoms in total. The highest BCUT2D eigenvalue weighted by Crippen LogP contribution is 2.31. The summed E-state index contributed by atoms with van der Waals surface area (Å²) in [6, 6.07) is 30.8. The van der Waals surface area contributed by atoms with Crippen LogP contribution < -0.4 is 4.90 Å². The average molecular weight is 401 g/mol. The van der Waals surface area contributed by atoms with Gasteiger partial charge in [0.05, 0.1) is 31.9 Å². The van der Waals surface area contributed by atoms with Gasteiger partial charge in [0.25, 0.3) is 0 Å². The van der Waals surface area contributed by atoms with E-state index in [1.165, 1.54) is 21.9 Å². The molecule has 2 aliphatic heterocycles. The predicted molar refractivity (Wildman–Crippen MR) is 122 cm³/mol. The van der Waals surface area contributed by atoms with Gasteiger partial charge in [0.2, 0.25) is 0 Å². The average Bonchev–Trinajstić information content (AvgIpc) is 2.81. The van der Waals surface area contributed by atoms with E-state index in [1.807, 2.05) is 11.8 Å². The van der Waals surface area contributed by atoms with Crippen LogP contribution in [0.15, 0.2) is 89.9 Å². The van der Waals surface area contributed by atoms with Crippen molar-refractivity contribution in [3.05, 3.63) is 102 Å². The number of benzene rings is 3. The Kier molecular flexibility index (Phi) is 5.37. The van der Waals surface area contributed by atoms with E-state index in [0.717, 1.165) is 37.6 Å². The van der Waals surface area contributed by atoms with Crippen LogP contribution in [0.2, 0.25) is 0 Å². The van der Waals surface area contributed by atoms with Crippen molar-refractivity contribution in [1.82, 2.24) is 4.90 Å². The van der Waals surface area contributed by atoms with Gasteiger partial charge in [-0.3, -0.25) is 0 Å². The summed E-state index contributed by atoms with van der Waals surface area (Å²) in [5.74, 6) is 1.03. The van der Waals surface area contributed by atoms with Crippen LogP contribution in [0, 0.1) is 0 Å². The van der Waals surface area contributed by atoms with E-state index in [4.69, 9.17) is 4.99 Å². The number of nitrogens with zero attached hydrogens (tertiary/aromatic N) is 2. The first-order valence-corrected chi connectivity index (χ1v) is 11.4. The molecule has 5 rings (SSSR count). The van der Waals surface area contributed by atoms with Crippen molar-refractivity contribution in [2.45, 2.75) is 11.8 Å². The van der Waals surface area contributed by atoms with Gasteiger partial charge in [-0.25, -0.2) is 4.99 Å². The van der Waals surface area contributed by atoms with Crippen LogP contribution in [0.25, 0.3) is 0 Å². The van der Waals surface area contributed by atoms with Gasteiger partial charge in [-0.2, -0.15) is 0 Å². The molecule has 4 heteroatoms. The molecule has 0 aromatic heterocycles. The Morgan fingerprint density at radius 1 is 0.759 bits per heavy atom. The Labute approximate surface area is 177 Å². The minimum Gasteiger partial charge on any atom is -0.340 e. The molecule has 0 unspecified atom stereocenters. The van der Waals surface area contributed by atoms with Crippen LogP contribution in [-0.4, -0.2) is 36.2 Å². The smallest absolute Gasteiger partial charge is 0.165 e. The molecule has 0 amide bonds. The van der Waals surface area contributed by atoms with Crippen LogP contribution in [0.5, 0.6) is 0 Å². The number of rotatable bonds is 3. The number of quaternary nitrogens is 1. The zero-order chi connectivity index (χ0) is 19.5. The number of para-hydroxylation sites is 1. The molecule has 0 saturated carbocycles. The summed E-state index contributed by atoms with van der Waals surface area (Å²) in [7, 11) is 0. The normalized spacial score (nSPS) is 17.1. The quantitative estimate of drug-likeness (QED) is 0.719. The van der Waals surface area contributed by atoms with Crippen LogP contribution in [0.3, 0.4) is 0 Å². The number of fused-ring (bicyclic) bond motifs is 1. The lowest BCUT2D eigenvalue weighted by Crippen LogP contribution is -3.15. The van der Waals surface area contributed by atoms with Crippen LogP contribution >= 0.6 is 11.8 Å². The fourth-order valence-corrected chi connectivity index (χ4v) is 5.47. The summed E-state index contributed by atoms with van der Waals surface area (Å²) in [6.45, 7) is 4.35. The first kappa shape index (κ1) is 18.5. The second-order valence-corrected chi connectivity index (χ2v) is 8.65. The van der Waals surface area contributed by atoms with Crippen molar-refractivity contribution in [2.75, 3.05) is 26.2 Å². The standard InChI is InChI=1S/C25H25N3S/c1-3-9-20(10-4-1)24(21-11-5-2-6-12-21)27-15-17-28(18-16-27)25-26-23-14-8-7-13-22(23)19-29-25/h1-14,24H,15-19H2/p+1. The molecule has 2 heterocycles. The second kappa shape index (κ2) is 8.44. The SMILES string of the molecule is c1ccc(C(c2ccccc2)[NH+]2CCN(C3=Nc4ccccc4CS3)CC2)cc1. The summed E-state index contributed by atoms with van der Waals surface area (Å²) >= 11 is 1.88. The molecule has 0 atom stereocenters. The maximum atomic E-state index is 4.95. The van der Waals surface area contributed by atoms with E-state index in [-0.39, 0.29) is 0 Å². The number of hydrogen-bond donors (Lipinski definition) is 1. The summed E-state index contributed by atoms with van der Waals surface area (Å²) < 4.78 is 0. The minimum absolute atomic E-state index is 0.390. The van der Waals surface area contributed by atoms with E-state index in [2.05, 4.69) is 89.8 Å². The highest BCUT2D eigenvalue weighted by Gasteiger charge is 2.31. The van der Waals surface area contributed by atoms with Gasteiger partial charge in [0.15, 0.2) is 5.17 Å². The van der Waals surface area contributed by atoms with E-state index in [0.29, 0.717) is 6.04 Å². The molecule has 1 fully saturated rings. The molecule has 146 valence electrons. The molecule has 3 aromatic carbocycles. The second-order valence-electron chi connectivity index (χ2n) is 7.71. The van der Waals surface area contributed by atoms with Gasteiger partial charge in [0, 0.05) is 16.9 Å². The topological polar surface area (TPSA) is 20.0 Å². The molecule has 1 saturated heterocycles. The lowest BCUT2D eigenvalue weighted by atomic mass is 9.96. The van der Waals surface area contributed by atoms with Crippen molar-refractivity contribution in [3.8, 4) is 0 Å². The first-order chi connectivity index (χ1) is 14.4. The lowest BCUT2D eigenvalue weighted by molar-refractivity contribution is -0.929. The lowest BCUT2D eigenvalue weighted by Gasteiger charge is -2.38. The fraction of sp³-hybridized carbons (Fsp3) is 0.240. The zero-order valence-electron chi connectivity index (χ0n) is 16.5. The van der Waals surface area contributed by atoms with Crippen LogP contribution in [0.4, 0.5) is 5.69 Å². The predicted octanol–water partition coefficient (Wildman–Crippen LogP) is 3.91. The fourth-order valence-electron chi connectivity index (χ4n) is 4.41. The monoisotopic (exact) mass is 400 g/mol. The van der Waals surface area contributed by atoms with Gasteiger partial charge >= 0.3 is 0 Å². The summed E-state index contributed by atoms with van der Waals surface area (Å²) in [4.78, 5) is 9.07. The minimum atomic E-state index is 0.390. The van der Waals surface area contributed by atoms with Crippen molar-refractivity contribution < 1.29 is 4.90 Å². The molecule has 1 N–H and O–H groups in total. The van der Waals surface area contributed by atoms with Gasteiger partial charge in [-0.15, -0.1) is 0 Å². The van der Waals surface area contributed by atoms with Crippen LogP contribution in [-0.2, 0) is 5.75 Å². The maximum Gasteiger partial charge on any atom is 0.165 e. The molecular weight excluding hydrogens is 374 g/mol. The number of nitrogens with one attached hydrogen (secondary N) is 1. The third-order valence-electron chi connectivity index (χ3n) is 5.91. The van der Waals surface area contributed by atoms with E-state index >= 15 is 0 Å². The number of amidine groups is 1. The molecule has 0 radical (unpaired) electrons. The van der Waals surface area contributed by atoms with Gasteiger partial charge in [-0.05, 0) is 11.6 Å². The van der Waals surface area contributed by atoms with Gasteiger partial charge in [-0.1, -0.05) is 90.6 Å². The van der Waals surface area contributed by atoms with E-state index in [9.17, 15) is 0 Å². The summed E-state index contributed by atoms with van der Waals surface area (Å²) in [5, 5.41) is 1.19. The molecular formula is C25H26N3S+. The molecule has 3 aromatic rings. The molecule has 2 aliphatic rings. The number of thioether (sulfide) groups is 1. The maximum absolute atomic E-state index is 4.95. The van der Waals surface area contributed by atoms with E-state index < -0.39 is 0 Å².